The third-order valence-electron chi connectivity index (χ3n) is 4.70. The fraction of sp³-hybridized carbons (Fsp3) is 0.238. The molecule has 3 aromatic rings. The van der Waals surface area contributed by atoms with Gasteiger partial charge in [-0.05, 0) is 49.2 Å². The average molecular weight is 488 g/mol. The van der Waals surface area contributed by atoms with E-state index in [2.05, 4.69) is 36.8 Å². The molecule has 156 valence electrons. The molecule has 0 saturated heterocycles. The summed E-state index contributed by atoms with van der Waals surface area (Å²) in [5.41, 5.74) is 3.50. The molecular weight excluding hydrogens is 466 g/mol. The van der Waals surface area contributed by atoms with Crippen LogP contribution in [0.5, 0.6) is 0 Å². The molecule has 0 radical (unpaired) electrons. The first-order valence-corrected chi connectivity index (χ1v) is 11.0. The number of nitrogens with zero attached hydrogens (tertiary/aromatic N) is 3. The minimum Gasteiger partial charge on any atom is -0.345 e. The van der Waals surface area contributed by atoms with Gasteiger partial charge < -0.3 is 15.2 Å². The van der Waals surface area contributed by atoms with E-state index in [4.69, 9.17) is 0 Å². The molecule has 2 N–H and O–H groups in total. The van der Waals surface area contributed by atoms with Crippen LogP contribution in [0.1, 0.15) is 27.3 Å². The van der Waals surface area contributed by atoms with E-state index in [-0.39, 0.29) is 24.1 Å². The molecular formula is C21H22BrN5O2S. The van der Waals surface area contributed by atoms with Crippen molar-refractivity contribution in [3.8, 4) is 0 Å². The van der Waals surface area contributed by atoms with Crippen LogP contribution in [-0.2, 0) is 18.4 Å². The summed E-state index contributed by atoms with van der Waals surface area (Å²) in [6.07, 6.45) is 0. The lowest BCUT2D eigenvalue weighted by molar-refractivity contribution is -0.113. The maximum absolute atomic E-state index is 12.4. The van der Waals surface area contributed by atoms with Crippen molar-refractivity contribution in [3.05, 3.63) is 69.5 Å². The summed E-state index contributed by atoms with van der Waals surface area (Å²) in [6, 6.07) is 12.8. The van der Waals surface area contributed by atoms with Gasteiger partial charge in [-0.2, -0.15) is 0 Å². The van der Waals surface area contributed by atoms with Crippen molar-refractivity contribution in [1.82, 2.24) is 20.1 Å². The van der Waals surface area contributed by atoms with Crippen molar-refractivity contribution in [2.45, 2.75) is 25.5 Å². The number of hydrogen-bond acceptors (Lipinski definition) is 5. The van der Waals surface area contributed by atoms with Crippen LogP contribution in [0.4, 0.5) is 5.69 Å². The molecule has 2 amide bonds. The fourth-order valence-corrected chi connectivity index (χ4v) is 3.87. The predicted molar refractivity (Wildman–Crippen MR) is 122 cm³/mol. The van der Waals surface area contributed by atoms with Gasteiger partial charge in [0, 0.05) is 22.8 Å². The number of benzene rings is 2. The van der Waals surface area contributed by atoms with Gasteiger partial charge in [-0.15, -0.1) is 10.2 Å². The fourth-order valence-electron chi connectivity index (χ4n) is 2.72. The molecule has 0 atom stereocenters. The highest BCUT2D eigenvalue weighted by atomic mass is 79.9. The Morgan fingerprint density at radius 1 is 1.07 bits per heavy atom. The van der Waals surface area contributed by atoms with Crippen molar-refractivity contribution in [2.24, 2.45) is 7.05 Å². The van der Waals surface area contributed by atoms with Crippen molar-refractivity contribution in [2.75, 3.05) is 11.1 Å². The number of halogens is 1. The Balaban J connectivity index is 1.54. The Labute approximate surface area is 187 Å². The van der Waals surface area contributed by atoms with E-state index in [0.717, 1.165) is 21.3 Å². The van der Waals surface area contributed by atoms with Crippen LogP contribution in [0, 0.1) is 13.8 Å². The van der Waals surface area contributed by atoms with Crippen LogP contribution in [0.2, 0.25) is 0 Å². The number of amides is 2. The van der Waals surface area contributed by atoms with E-state index in [1.165, 1.54) is 11.8 Å². The van der Waals surface area contributed by atoms with Crippen LogP contribution < -0.4 is 10.6 Å². The van der Waals surface area contributed by atoms with Gasteiger partial charge in [-0.3, -0.25) is 9.59 Å². The molecule has 3 rings (SSSR count). The van der Waals surface area contributed by atoms with Crippen molar-refractivity contribution in [1.29, 1.82) is 0 Å². The van der Waals surface area contributed by atoms with Gasteiger partial charge in [0.2, 0.25) is 5.91 Å². The van der Waals surface area contributed by atoms with E-state index in [9.17, 15) is 9.59 Å². The van der Waals surface area contributed by atoms with Crippen LogP contribution >= 0.6 is 27.7 Å². The predicted octanol–water partition coefficient (Wildman–Crippen LogP) is 3.86. The highest BCUT2D eigenvalue weighted by molar-refractivity contribution is 9.10. The number of anilines is 1. The smallest absolute Gasteiger partial charge is 0.251 e. The second-order valence-electron chi connectivity index (χ2n) is 6.69. The van der Waals surface area contributed by atoms with Gasteiger partial charge in [0.1, 0.15) is 0 Å². The first-order chi connectivity index (χ1) is 14.4. The SMILES string of the molecule is Cc1c(Br)ccc(NC(=O)CSc2nnc(CNC(=O)c3ccccc3)n2C)c1C. The maximum atomic E-state index is 12.4. The normalized spacial score (nSPS) is 10.7. The molecule has 1 heterocycles. The van der Waals surface area contributed by atoms with Gasteiger partial charge >= 0.3 is 0 Å². The molecule has 0 fully saturated rings. The average Bonchev–Trinajstić information content (AvgIpc) is 3.11. The van der Waals surface area contributed by atoms with Crippen LogP contribution in [0.3, 0.4) is 0 Å². The number of thioether (sulfide) groups is 1. The first-order valence-electron chi connectivity index (χ1n) is 9.26. The highest BCUT2D eigenvalue weighted by Crippen LogP contribution is 2.26. The number of carbonyl (C=O) groups is 2. The van der Waals surface area contributed by atoms with Crippen LogP contribution in [0.25, 0.3) is 0 Å². The lowest BCUT2D eigenvalue weighted by atomic mass is 10.1. The summed E-state index contributed by atoms with van der Waals surface area (Å²) < 4.78 is 2.79. The molecule has 30 heavy (non-hydrogen) atoms. The van der Waals surface area contributed by atoms with Gasteiger partial charge in [0.05, 0.1) is 12.3 Å². The molecule has 0 aliphatic carbocycles. The van der Waals surface area contributed by atoms with Crippen LogP contribution in [-0.4, -0.2) is 32.3 Å². The first kappa shape index (κ1) is 22.0. The number of carbonyl (C=O) groups excluding carboxylic acids is 2. The largest absolute Gasteiger partial charge is 0.345 e. The van der Waals surface area contributed by atoms with Crippen molar-refractivity contribution < 1.29 is 9.59 Å². The summed E-state index contributed by atoms with van der Waals surface area (Å²) in [7, 11) is 1.81. The molecule has 0 aliphatic heterocycles. The second-order valence-corrected chi connectivity index (χ2v) is 8.49. The third-order valence-corrected chi connectivity index (χ3v) is 6.57. The Hall–Kier alpha value is -2.65. The monoisotopic (exact) mass is 487 g/mol. The van der Waals surface area contributed by atoms with Gasteiger partial charge in [0.15, 0.2) is 11.0 Å². The summed E-state index contributed by atoms with van der Waals surface area (Å²) in [5, 5.41) is 14.6. The minimum atomic E-state index is -0.174. The summed E-state index contributed by atoms with van der Waals surface area (Å²) in [6.45, 7) is 4.23. The zero-order valence-electron chi connectivity index (χ0n) is 16.9. The molecule has 0 saturated carbocycles. The Bertz CT molecular complexity index is 1070. The third kappa shape index (κ3) is 5.28. The zero-order chi connectivity index (χ0) is 21.7. The number of aromatic nitrogens is 3. The summed E-state index contributed by atoms with van der Waals surface area (Å²) >= 11 is 4.79. The van der Waals surface area contributed by atoms with Gasteiger partial charge in [0.25, 0.3) is 5.91 Å². The molecule has 0 spiro atoms. The highest BCUT2D eigenvalue weighted by Gasteiger charge is 2.14. The van der Waals surface area contributed by atoms with E-state index >= 15 is 0 Å². The van der Waals surface area contributed by atoms with E-state index in [1.54, 1.807) is 16.7 Å². The molecule has 0 aliphatic rings. The topological polar surface area (TPSA) is 88.9 Å². The molecule has 0 bridgehead atoms. The standard InChI is InChI=1S/C21H22BrN5O2S/c1-13-14(2)17(10-9-16(13)22)24-19(28)12-30-21-26-25-18(27(21)3)11-23-20(29)15-7-5-4-6-8-15/h4-10H,11-12H2,1-3H3,(H,23,29)(H,24,28). The van der Waals surface area contributed by atoms with Gasteiger partial charge in [-0.1, -0.05) is 45.9 Å². The number of rotatable bonds is 7. The maximum Gasteiger partial charge on any atom is 0.251 e. The van der Waals surface area contributed by atoms with E-state index in [0.29, 0.717) is 16.5 Å². The van der Waals surface area contributed by atoms with Crippen molar-refractivity contribution in [3.63, 3.8) is 0 Å². The zero-order valence-corrected chi connectivity index (χ0v) is 19.3. The lowest BCUT2D eigenvalue weighted by Crippen LogP contribution is -2.24. The van der Waals surface area contributed by atoms with E-state index in [1.807, 2.05) is 51.2 Å². The molecule has 2 aromatic carbocycles. The molecule has 0 unspecified atom stereocenters. The summed E-state index contributed by atoms with van der Waals surface area (Å²) in [5.74, 6) is 0.525. The summed E-state index contributed by atoms with van der Waals surface area (Å²) in [4.78, 5) is 24.5. The Morgan fingerprint density at radius 3 is 2.53 bits per heavy atom. The number of nitrogens with one attached hydrogen (secondary N) is 2. The second kappa shape index (κ2) is 9.90. The van der Waals surface area contributed by atoms with Crippen LogP contribution in [0.15, 0.2) is 52.1 Å². The Morgan fingerprint density at radius 2 is 1.80 bits per heavy atom. The molecule has 7 nitrogen and oxygen atoms in total. The molecule has 1 aromatic heterocycles. The Kier molecular flexibility index (Phi) is 7.28. The van der Waals surface area contributed by atoms with Gasteiger partial charge in [-0.25, -0.2) is 0 Å². The van der Waals surface area contributed by atoms with E-state index < -0.39 is 0 Å². The molecule has 9 heteroatoms. The lowest BCUT2D eigenvalue weighted by Gasteiger charge is -2.11. The quantitative estimate of drug-likeness (QED) is 0.494. The minimum absolute atomic E-state index is 0.119. The van der Waals surface area contributed by atoms with Crippen molar-refractivity contribution >= 4 is 45.2 Å². The number of hydrogen-bond donors (Lipinski definition) is 2.